The Morgan fingerprint density at radius 2 is 1.73 bits per heavy atom. The molecule has 1 aromatic carbocycles. The maximum Gasteiger partial charge on any atom is 0.402 e. The molecule has 170 valence electrons. The Kier molecular flexibility index (Phi) is 9.27. The Balaban J connectivity index is 2.32. The molecule has 0 saturated heterocycles. The van der Waals surface area contributed by atoms with Crippen molar-refractivity contribution in [2.24, 2.45) is 11.3 Å². The van der Waals surface area contributed by atoms with E-state index in [2.05, 4.69) is 10.6 Å². The van der Waals surface area contributed by atoms with Gasteiger partial charge in [-0.15, -0.1) is 0 Å². The van der Waals surface area contributed by atoms with Crippen LogP contribution in [0.1, 0.15) is 43.1 Å². The molecule has 5 nitrogen and oxygen atoms in total. The average Bonchev–Trinajstić information content (AvgIpc) is 2.62. The minimum atomic E-state index is -4.60. The maximum absolute atomic E-state index is 13.4. The van der Waals surface area contributed by atoms with Crippen molar-refractivity contribution in [3.8, 4) is 0 Å². The predicted molar refractivity (Wildman–Crippen MR) is 108 cm³/mol. The molecule has 0 radical (unpaired) electrons. The molecule has 1 atom stereocenters. The quantitative estimate of drug-likeness (QED) is 0.555. The maximum atomic E-state index is 13.4. The molecule has 0 fully saturated rings. The normalized spacial score (nSPS) is 13.3. The molecule has 0 aromatic heterocycles. The van der Waals surface area contributed by atoms with Crippen LogP contribution in [0.5, 0.6) is 0 Å². The number of hydrogen-bond acceptors (Lipinski definition) is 3. The summed E-state index contributed by atoms with van der Waals surface area (Å²) in [4.78, 5) is 25.8. The monoisotopic (exact) mass is 433 g/mol. The second-order valence-electron chi connectivity index (χ2n) is 8.30. The van der Waals surface area contributed by atoms with Gasteiger partial charge in [-0.1, -0.05) is 6.92 Å². The molecule has 2 N–H and O–H groups in total. The summed E-state index contributed by atoms with van der Waals surface area (Å²) in [5.41, 5.74) is -1.49. The van der Waals surface area contributed by atoms with Crippen LogP contribution in [0, 0.1) is 24.1 Å². The summed E-state index contributed by atoms with van der Waals surface area (Å²) in [5, 5.41) is 5.11. The molecule has 1 unspecified atom stereocenters. The molecule has 0 spiro atoms. The van der Waals surface area contributed by atoms with Gasteiger partial charge in [-0.25, -0.2) is 4.39 Å². The van der Waals surface area contributed by atoms with E-state index in [9.17, 15) is 27.2 Å². The number of nitrogens with zero attached hydrogens (tertiary/aromatic N) is 1. The highest BCUT2D eigenvalue weighted by Crippen LogP contribution is 2.37. The summed E-state index contributed by atoms with van der Waals surface area (Å²) in [5.74, 6) is -1.70. The molecule has 1 aromatic rings. The van der Waals surface area contributed by atoms with Gasteiger partial charge in [0.05, 0.1) is 0 Å². The van der Waals surface area contributed by atoms with Crippen molar-refractivity contribution < 1.29 is 27.2 Å². The zero-order valence-corrected chi connectivity index (χ0v) is 18.1. The van der Waals surface area contributed by atoms with Crippen LogP contribution in [-0.2, 0) is 4.79 Å². The zero-order valence-electron chi connectivity index (χ0n) is 18.1. The Morgan fingerprint density at radius 1 is 1.10 bits per heavy atom. The molecule has 0 aliphatic carbocycles. The van der Waals surface area contributed by atoms with Gasteiger partial charge in [0.1, 0.15) is 11.2 Å². The third-order valence-corrected chi connectivity index (χ3v) is 4.97. The van der Waals surface area contributed by atoms with Crippen LogP contribution in [0.2, 0.25) is 0 Å². The van der Waals surface area contributed by atoms with E-state index < -0.39 is 23.3 Å². The molecule has 0 aliphatic heterocycles. The standard InChI is InChI=1S/C21H31F4N3O2/c1-14(13-27-18(29)16-10-15(2)11-17(22)12-16)6-8-28(5)9-7-26-19(30)20(3,4)21(23,24)25/h10-12,14H,6-9,13H2,1-5H3,(H,26,30)(H,27,29). The summed E-state index contributed by atoms with van der Waals surface area (Å²) in [7, 11) is 1.81. The average molecular weight is 433 g/mol. The number of benzene rings is 1. The molecule has 0 saturated carbocycles. The fourth-order valence-electron chi connectivity index (χ4n) is 2.60. The molecule has 0 heterocycles. The number of alkyl halides is 3. The van der Waals surface area contributed by atoms with E-state index in [1.807, 2.05) is 18.9 Å². The number of likely N-dealkylation sites (N-methyl/N-ethyl adjacent to an activating group) is 1. The highest BCUT2D eigenvalue weighted by molar-refractivity contribution is 5.94. The van der Waals surface area contributed by atoms with Crippen molar-refractivity contribution in [1.82, 2.24) is 15.5 Å². The van der Waals surface area contributed by atoms with Gasteiger partial charge in [0.15, 0.2) is 0 Å². The lowest BCUT2D eigenvalue weighted by molar-refractivity contribution is -0.211. The van der Waals surface area contributed by atoms with Gasteiger partial charge in [-0.05, 0) is 70.5 Å². The van der Waals surface area contributed by atoms with Crippen molar-refractivity contribution in [3.63, 3.8) is 0 Å². The first-order valence-corrected chi connectivity index (χ1v) is 9.83. The molecule has 0 aliphatic rings. The first-order chi connectivity index (χ1) is 13.7. The lowest BCUT2D eigenvalue weighted by atomic mass is 9.91. The van der Waals surface area contributed by atoms with Crippen LogP contribution < -0.4 is 10.6 Å². The van der Waals surface area contributed by atoms with Gasteiger partial charge in [0, 0.05) is 25.2 Å². The van der Waals surface area contributed by atoms with Crippen molar-refractivity contribution >= 4 is 11.8 Å². The minimum absolute atomic E-state index is 0.110. The number of rotatable bonds is 10. The number of aryl methyl sites for hydroxylation is 1. The minimum Gasteiger partial charge on any atom is -0.354 e. The lowest BCUT2D eigenvalue weighted by Gasteiger charge is -2.27. The van der Waals surface area contributed by atoms with Gasteiger partial charge < -0.3 is 15.5 Å². The Morgan fingerprint density at radius 3 is 2.30 bits per heavy atom. The largest absolute Gasteiger partial charge is 0.402 e. The number of hydrogen-bond donors (Lipinski definition) is 2. The van der Waals surface area contributed by atoms with E-state index in [0.29, 0.717) is 25.2 Å². The van der Waals surface area contributed by atoms with E-state index in [1.54, 1.807) is 13.0 Å². The van der Waals surface area contributed by atoms with E-state index in [4.69, 9.17) is 0 Å². The van der Waals surface area contributed by atoms with E-state index in [-0.39, 0.29) is 23.9 Å². The molecule has 9 heteroatoms. The molecule has 2 amide bonds. The molecule has 30 heavy (non-hydrogen) atoms. The fraction of sp³-hybridized carbons (Fsp3) is 0.619. The van der Waals surface area contributed by atoms with E-state index in [0.717, 1.165) is 20.3 Å². The Hall–Kier alpha value is -2.16. The van der Waals surface area contributed by atoms with Crippen molar-refractivity contribution in [2.75, 3.05) is 33.2 Å². The van der Waals surface area contributed by atoms with Gasteiger partial charge in [0.25, 0.3) is 5.91 Å². The molecular formula is C21H31F4N3O2. The number of amides is 2. The lowest BCUT2D eigenvalue weighted by Crippen LogP contribution is -2.48. The highest BCUT2D eigenvalue weighted by Gasteiger charge is 2.52. The summed E-state index contributed by atoms with van der Waals surface area (Å²) in [6.45, 7) is 6.96. The number of nitrogens with one attached hydrogen (secondary N) is 2. The second-order valence-corrected chi connectivity index (χ2v) is 8.30. The molecular weight excluding hydrogens is 402 g/mol. The number of halogens is 4. The van der Waals surface area contributed by atoms with Crippen molar-refractivity contribution in [3.05, 3.63) is 35.1 Å². The summed E-state index contributed by atoms with van der Waals surface area (Å²) >= 11 is 0. The van der Waals surface area contributed by atoms with Crippen LogP contribution in [0.25, 0.3) is 0 Å². The SMILES string of the molecule is Cc1cc(F)cc(C(=O)NCC(C)CCN(C)CCNC(=O)C(C)(C)C(F)(F)F)c1. The van der Waals surface area contributed by atoms with Crippen LogP contribution in [0.4, 0.5) is 17.6 Å². The first-order valence-electron chi connectivity index (χ1n) is 9.83. The van der Waals surface area contributed by atoms with Crippen LogP contribution in [0.15, 0.2) is 18.2 Å². The predicted octanol–water partition coefficient (Wildman–Crippen LogP) is 3.53. The second kappa shape index (κ2) is 10.7. The van der Waals surface area contributed by atoms with E-state index in [1.165, 1.54) is 12.1 Å². The smallest absolute Gasteiger partial charge is 0.354 e. The van der Waals surface area contributed by atoms with E-state index >= 15 is 0 Å². The Labute approximate surface area is 175 Å². The summed E-state index contributed by atoms with van der Waals surface area (Å²) in [6, 6.07) is 4.15. The first kappa shape index (κ1) is 25.9. The van der Waals surface area contributed by atoms with Crippen molar-refractivity contribution in [2.45, 2.75) is 40.3 Å². The van der Waals surface area contributed by atoms with Gasteiger partial charge in [-0.2, -0.15) is 13.2 Å². The summed E-state index contributed by atoms with van der Waals surface area (Å²) < 4.78 is 51.9. The number of carbonyl (C=O) groups is 2. The van der Waals surface area contributed by atoms with Gasteiger partial charge >= 0.3 is 6.18 Å². The van der Waals surface area contributed by atoms with Crippen LogP contribution in [-0.4, -0.2) is 56.1 Å². The number of carbonyl (C=O) groups excluding carboxylic acids is 2. The molecule has 0 bridgehead atoms. The van der Waals surface area contributed by atoms with Gasteiger partial charge in [0.2, 0.25) is 5.91 Å². The van der Waals surface area contributed by atoms with Crippen molar-refractivity contribution in [1.29, 1.82) is 0 Å². The third-order valence-electron chi connectivity index (χ3n) is 4.97. The zero-order chi connectivity index (χ0) is 23.1. The van der Waals surface area contributed by atoms with Gasteiger partial charge in [-0.3, -0.25) is 9.59 Å². The van der Waals surface area contributed by atoms with Crippen LogP contribution >= 0.6 is 0 Å². The highest BCUT2D eigenvalue weighted by atomic mass is 19.4. The topological polar surface area (TPSA) is 61.4 Å². The van der Waals surface area contributed by atoms with Crippen LogP contribution in [0.3, 0.4) is 0 Å². The summed E-state index contributed by atoms with van der Waals surface area (Å²) in [6.07, 6.45) is -3.87. The fourth-order valence-corrected chi connectivity index (χ4v) is 2.60. The third kappa shape index (κ3) is 7.93. The Bertz CT molecular complexity index is 715. The molecule has 1 rings (SSSR count).